The number of anilines is 2. The van der Waals surface area contributed by atoms with E-state index in [-0.39, 0.29) is 24.9 Å². The number of urea groups is 1. The number of nitrogens with zero attached hydrogens (tertiary/aromatic N) is 5. The molecule has 0 bridgehead atoms. The SMILES string of the molecule is Cc1cn2cc(NC(=O)N3CCc4[c-]ccnc43)cnc2n1.[CH2-]CN[C@H]([CH2-])C.[Li+]. The smallest absolute Gasteiger partial charge is 0.373 e. The van der Waals surface area contributed by atoms with Crippen LogP contribution in [0, 0.1) is 26.8 Å². The van der Waals surface area contributed by atoms with Crippen molar-refractivity contribution in [3.8, 4) is 0 Å². The number of pyridine rings is 1. The zero-order valence-corrected chi connectivity index (χ0v) is 17.1. The first kappa shape index (κ1) is 22.9. The zero-order valence-electron chi connectivity index (χ0n) is 17.1. The molecule has 9 heteroatoms. The summed E-state index contributed by atoms with van der Waals surface area (Å²) in [5, 5.41) is 5.83. The van der Waals surface area contributed by atoms with E-state index in [1.54, 1.807) is 34.0 Å². The molecule has 148 valence electrons. The van der Waals surface area contributed by atoms with Crippen molar-refractivity contribution in [3.63, 3.8) is 0 Å². The van der Waals surface area contributed by atoms with Crippen LogP contribution in [0.15, 0.2) is 30.9 Å². The Bertz CT molecular complexity index is 957. The van der Waals surface area contributed by atoms with E-state index in [4.69, 9.17) is 0 Å². The number of aromatic nitrogens is 4. The summed E-state index contributed by atoms with van der Waals surface area (Å²) in [6.07, 6.45) is 7.67. The van der Waals surface area contributed by atoms with Gasteiger partial charge < -0.3 is 34.4 Å². The Morgan fingerprint density at radius 3 is 2.86 bits per heavy atom. The Morgan fingerprint density at radius 2 is 2.17 bits per heavy atom. The van der Waals surface area contributed by atoms with Gasteiger partial charge in [0.05, 0.1) is 17.6 Å². The standard InChI is InChI=1S/C15H13N6O.C5H11N.Li/c1-10-8-20-9-12(7-17-14(20)18-10)19-15(22)21-6-4-11-3-2-5-16-13(11)21;1-4-6-5(2)3;/h2,5,7-9H,4,6H2,1H3,(H,19,22);5-6H,1-2,4H2,3H3;/q-1;-2;+1/t;5-;/m.1./s1. The maximum Gasteiger partial charge on any atom is 1.00 e. The van der Waals surface area contributed by atoms with Crippen LogP contribution in [0.3, 0.4) is 0 Å². The van der Waals surface area contributed by atoms with Gasteiger partial charge in [-0.25, -0.2) is 14.8 Å². The van der Waals surface area contributed by atoms with Gasteiger partial charge in [0, 0.05) is 24.8 Å². The number of aryl methyl sites for hydroxylation is 1. The molecular weight excluding hydrogens is 361 g/mol. The number of hydrogen-bond donors (Lipinski definition) is 2. The third-order valence-electron chi connectivity index (χ3n) is 4.06. The molecule has 29 heavy (non-hydrogen) atoms. The first-order valence-electron chi connectivity index (χ1n) is 9.09. The fourth-order valence-corrected chi connectivity index (χ4v) is 2.84. The molecule has 4 heterocycles. The van der Waals surface area contributed by atoms with Gasteiger partial charge in [-0.2, -0.15) is 12.1 Å². The molecule has 1 aliphatic rings. The van der Waals surface area contributed by atoms with Crippen molar-refractivity contribution in [2.45, 2.75) is 26.3 Å². The Morgan fingerprint density at radius 1 is 1.38 bits per heavy atom. The molecule has 0 aromatic carbocycles. The summed E-state index contributed by atoms with van der Waals surface area (Å²) in [4.78, 5) is 26.8. The summed E-state index contributed by atoms with van der Waals surface area (Å²) in [5.41, 5.74) is 2.46. The van der Waals surface area contributed by atoms with Gasteiger partial charge in [-0.05, 0) is 13.3 Å². The first-order chi connectivity index (χ1) is 13.5. The Kier molecular flexibility index (Phi) is 8.20. The molecule has 0 saturated heterocycles. The fourth-order valence-electron chi connectivity index (χ4n) is 2.84. The summed E-state index contributed by atoms with van der Waals surface area (Å²) >= 11 is 0. The maximum atomic E-state index is 12.4. The van der Waals surface area contributed by atoms with Gasteiger partial charge in [-0.3, -0.25) is 4.40 Å². The van der Waals surface area contributed by atoms with Crippen LogP contribution in [-0.2, 0) is 6.42 Å². The molecule has 0 fully saturated rings. The normalized spacial score (nSPS) is 13.2. The fraction of sp³-hybridized carbons (Fsp3) is 0.300. The van der Waals surface area contributed by atoms with E-state index < -0.39 is 0 Å². The van der Waals surface area contributed by atoms with Gasteiger partial charge in [0.2, 0.25) is 5.78 Å². The molecule has 3 aromatic rings. The van der Waals surface area contributed by atoms with E-state index in [0.29, 0.717) is 29.9 Å². The molecule has 4 rings (SSSR count). The molecule has 1 atom stereocenters. The second-order valence-electron chi connectivity index (χ2n) is 6.51. The predicted octanol–water partition coefficient (Wildman–Crippen LogP) is -0.536. The average Bonchev–Trinajstić information content (AvgIpc) is 3.24. The van der Waals surface area contributed by atoms with Crippen molar-refractivity contribution < 1.29 is 23.7 Å². The number of imidazole rings is 1. The summed E-state index contributed by atoms with van der Waals surface area (Å²) in [6, 6.07) is 5.00. The molecule has 0 unspecified atom stereocenters. The third-order valence-corrected chi connectivity index (χ3v) is 4.06. The topological polar surface area (TPSA) is 87.5 Å². The second-order valence-corrected chi connectivity index (χ2v) is 6.51. The molecule has 2 N–H and O–H groups in total. The molecule has 2 amide bonds. The van der Waals surface area contributed by atoms with Gasteiger partial charge in [0.25, 0.3) is 0 Å². The molecule has 1 aliphatic heterocycles. The predicted molar refractivity (Wildman–Crippen MR) is 109 cm³/mol. The van der Waals surface area contributed by atoms with Crippen molar-refractivity contribution in [2.75, 3.05) is 23.3 Å². The summed E-state index contributed by atoms with van der Waals surface area (Å²) < 4.78 is 1.79. The van der Waals surface area contributed by atoms with Crippen LogP contribution in [0.2, 0.25) is 0 Å². The molecule has 8 nitrogen and oxygen atoms in total. The summed E-state index contributed by atoms with van der Waals surface area (Å²) in [7, 11) is 0. The Balaban J connectivity index is 0.000000379. The van der Waals surface area contributed by atoms with Gasteiger partial charge in [-0.15, -0.1) is 18.2 Å². The number of amides is 2. The van der Waals surface area contributed by atoms with Gasteiger partial charge in [0.15, 0.2) is 0 Å². The van der Waals surface area contributed by atoms with Crippen molar-refractivity contribution in [1.29, 1.82) is 0 Å². The van der Waals surface area contributed by atoms with Gasteiger partial charge >= 0.3 is 24.9 Å². The number of carbonyl (C=O) groups is 1. The largest absolute Gasteiger partial charge is 1.00 e. The van der Waals surface area contributed by atoms with E-state index >= 15 is 0 Å². The van der Waals surface area contributed by atoms with E-state index in [0.717, 1.165) is 24.2 Å². The van der Waals surface area contributed by atoms with E-state index in [1.807, 2.05) is 20.0 Å². The Labute approximate surface area is 183 Å². The van der Waals surface area contributed by atoms with Crippen LogP contribution >= 0.6 is 0 Å². The molecule has 0 saturated carbocycles. The van der Waals surface area contributed by atoms with Gasteiger partial charge in [-0.1, -0.05) is 13.1 Å². The molecule has 0 aliphatic carbocycles. The average molecular weight is 385 g/mol. The monoisotopic (exact) mass is 385 g/mol. The van der Waals surface area contributed by atoms with Crippen LogP contribution in [-0.4, -0.2) is 44.5 Å². The minimum absolute atomic E-state index is 0. The zero-order chi connectivity index (χ0) is 20.1. The number of fused-ring (bicyclic) bond motifs is 2. The van der Waals surface area contributed by atoms with E-state index in [9.17, 15) is 4.79 Å². The number of hydrogen-bond acceptors (Lipinski definition) is 5. The van der Waals surface area contributed by atoms with Crippen LogP contribution in [0.1, 0.15) is 18.2 Å². The van der Waals surface area contributed by atoms with Crippen LogP contribution in [0.4, 0.5) is 16.3 Å². The van der Waals surface area contributed by atoms with Crippen LogP contribution < -0.4 is 34.4 Å². The van der Waals surface area contributed by atoms with Crippen molar-refractivity contribution in [2.24, 2.45) is 0 Å². The minimum Gasteiger partial charge on any atom is -0.373 e. The third kappa shape index (κ3) is 5.79. The summed E-state index contributed by atoms with van der Waals surface area (Å²) in [6.45, 7) is 12.5. The van der Waals surface area contributed by atoms with E-state index in [2.05, 4.69) is 45.5 Å². The van der Waals surface area contributed by atoms with Crippen LogP contribution in [0.5, 0.6) is 0 Å². The number of nitrogens with one attached hydrogen (secondary N) is 2. The van der Waals surface area contributed by atoms with Crippen molar-refractivity contribution >= 4 is 23.3 Å². The quantitative estimate of drug-likeness (QED) is 0.467. The maximum absolute atomic E-state index is 12.4. The molecular formula is C20H24LiN7O-2. The summed E-state index contributed by atoms with van der Waals surface area (Å²) in [5.74, 6) is 1.28. The van der Waals surface area contributed by atoms with Gasteiger partial charge in [0.1, 0.15) is 0 Å². The minimum atomic E-state index is -0.219. The number of carbonyl (C=O) groups excluding carboxylic acids is 1. The molecule has 3 aromatic heterocycles. The number of rotatable bonds is 3. The first-order valence-corrected chi connectivity index (χ1v) is 9.09. The molecule has 0 spiro atoms. The van der Waals surface area contributed by atoms with Crippen molar-refractivity contribution in [1.82, 2.24) is 24.7 Å². The Hall–Kier alpha value is -2.40. The second kappa shape index (κ2) is 10.4. The molecule has 0 radical (unpaired) electrons. The van der Waals surface area contributed by atoms with Crippen LogP contribution in [0.25, 0.3) is 5.78 Å². The van der Waals surface area contributed by atoms with E-state index in [1.165, 1.54) is 0 Å². The van der Waals surface area contributed by atoms with Crippen molar-refractivity contribution in [3.05, 3.63) is 62.0 Å².